The molecule has 0 atom stereocenters. The van der Waals surface area contributed by atoms with Gasteiger partial charge in [-0.1, -0.05) is 5.92 Å². The predicted octanol–water partition coefficient (Wildman–Crippen LogP) is 2.15. The van der Waals surface area contributed by atoms with Crippen molar-refractivity contribution in [3.05, 3.63) is 41.6 Å². The summed E-state index contributed by atoms with van der Waals surface area (Å²) >= 11 is 0. The molecular weight excluding hydrogens is 333 g/mol. The van der Waals surface area contributed by atoms with Crippen LogP contribution in [0.25, 0.3) is 16.9 Å². The van der Waals surface area contributed by atoms with Gasteiger partial charge < -0.3 is 4.90 Å². The van der Waals surface area contributed by atoms with Gasteiger partial charge >= 0.3 is 0 Å². The molecule has 2 heterocycles. The number of nitrogens with zero attached hydrogens (tertiary/aromatic N) is 6. The highest BCUT2D eigenvalue weighted by atomic mass is 19.1. The summed E-state index contributed by atoms with van der Waals surface area (Å²) in [7, 11) is 1.56. The Morgan fingerprint density at radius 2 is 1.92 bits per heavy atom. The van der Waals surface area contributed by atoms with Crippen molar-refractivity contribution in [2.45, 2.75) is 0 Å². The molecule has 2 aromatic heterocycles. The number of hydrogen-bond acceptors (Lipinski definition) is 5. The number of terminal acetylenes is 1. The topological polar surface area (TPSA) is 70.1 Å². The second-order valence-electron chi connectivity index (χ2n) is 5.05. The molecule has 0 saturated carbocycles. The number of fused-ring (bicyclic) bond motifs is 1. The highest BCUT2D eigenvalue weighted by molar-refractivity contribution is 5.82. The molecule has 0 unspecified atom stereocenters. The normalized spacial score (nSPS) is 10.5. The van der Waals surface area contributed by atoms with Gasteiger partial charge in [-0.2, -0.15) is 24.8 Å². The van der Waals surface area contributed by atoms with Crippen LogP contribution in [0.1, 0.15) is 5.69 Å². The zero-order chi connectivity index (χ0) is 18.1. The molecule has 0 fully saturated rings. The summed E-state index contributed by atoms with van der Waals surface area (Å²) in [6.45, 7) is 0.0568. The summed E-state index contributed by atoms with van der Waals surface area (Å²) in [4.78, 5) is 9.31. The number of benzene rings is 1. The Labute approximate surface area is 140 Å². The molecule has 25 heavy (non-hydrogen) atoms. The average Bonchev–Trinajstić information content (AvgIpc) is 3.01. The lowest BCUT2D eigenvalue weighted by atomic mass is 10.0. The molecule has 3 aromatic rings. The summed E-state index contributed by atoms with van der Waals surface area (Å²) < 4.78 is 43.2. The van der Waals surface area contributed by atoms with Crippen LogP contribution in [0.2, 0.25) is 0 Å². The Morgan fingerprint density at radius 1 is 1.24 bits per heavy atom. The van der Waals surface area contributed by atoms with Crippen molar-refractivity contribution < 1.29 is 13.2 Å². The molecule has 0 N–H and O–H groups in total. The maximum atomic E-state index is 14.3. The summed E-state index contributed by atoms with van der Waals surface area (Å²) in [5.41, 5.74) is -1.07. The van der Waals surface area contributed by atoms with E-state index in [-0.39, 0.29) is 29.4 Å². The molecule has 0 saturated heterocycles. The van der Waals surface area contributed by atoms with Crippen molar-refractivity contribution in [2.24, 2.45) is 0 Å². The van der Waals surface area contributed by atoms with Crippen LogP contribution in [0.5, 0.6) is 0 Å². The summed E-state index contributed by atoms with van der Waals surface area (Å²) in [6.07, 6.45) is 6.49. The molecule has 6 nitrogen and oxygen atoms in total. The molecule has 0 aliphatic heterocycles. The molecule has 1 aromatic carbocycles. The Morgan fingerprint density at radius 3 is 2.52 bits per heavy atom. The van der Waals surface area contributed by atoms with Gasteiger partial charge in [-0.3, -0.25) is 0 Å². The van der Waals surface area contributed by atoms with E-state index in [0.29, 0.717) is 12.1 Å². The van der Waals surface area contributed by atoms with Crippen LogP contribution in [0.3, 0.4) is 0 Å². The van der Waals surface area contributed by atoms with E-state index in [0.717, 1.165) is 0 Å². The molecule has 0 bridgehead atoms. The van der Waals surface area contributed by atoms with Crippen LogP contribution in [0.4, 0.5) is 19.0 Å². The highest BCUT2D eigenvalue weighted by Gasteiger charge is 2.26. The molecule has 0 spiro atoms. The van der Waals surface area contributed by atoms with E-state index in [1.54, 1.807) is 13.1 Å². The van der Waals surface area contributed by atoms with Crippen LogP contribution in [-0.2, 0) is 0 Å². The SMILES string of the molecule is C#CCN(C)c1c(-c2c(F)cc(F)cc2F)c(C#N)nc2ncnn12. The Hall–Kier alpha value is -3.59. The number of nitriles is 1. The van der Waals surface area contributed by atoms with Gasteiger partial charge in [0.15, 0.2) is 5.69 Å². The largest absolute Gasteiger partial charge is 0.348 e. The Kier molecular flexibility index (Phi) is 3.99. The number of hydrogen-bond donors (Lipinski definition) is 0. The summed E-state index contributed by atoms with van der Waals surface area (Å²) in [5.74, 6) is -0.868. The minimum Gasteiger partial charge on any atom is -0.348 e. The molecule has 0 aliphatic rings. The monoisotopic (exact) mass is 342 g/mol. The van der Waals surface area contributed by atoms with Crippen LogP contribution in [0, 0.1) is 41.1 Å². The fourth-order valence-corrected chi connectivity index (χ4v) is 2.49. The van der Waals surface area contributed by atoms with Crippen molar-refractivity contribution in [1.82, 2.24) is 19.6 Å². The van der Waals surface area contributed by atoms with E-state index in [2.05, 4.69) is 21.0 Å². The second kappa shape index (κ2) is 6.13. The van der Waals surface area contributed by atoms with Gasteiger partial charge in [-0.05, 0) is 0 Å². The standard InChI is InChI=1S/C16H9F3N6/c1-3-4-24(2)15-14(13-10(18)5-9(17)6-11(13)19)12(7-20)23-16-21-8-22-25(15)16/h1,5-6,8H,4H2,2H3. The minimum atomic E-state index is -1.18. The second-order valence-corrected chi connectivity index (χ2v) is 5.05. The number of aromatic nitrogens is 4. The minimum absolute atomic E-state index is 0.0568. The molecule has 0 amide bonds. The third kappa shape index (κ3) is 2.62. The predicted molar refractivity (Wildman–Crippen MR) is 82.9 cm³/mol. The smallest absolute Gasteiger partial charge is 0.255 e. The fraction of sp³-hybridized carbons (Fsp3) is 0.125. The van der Waals surface area contributed by atoms with Crippen molar-refractivity contribution >= 4 is 11.6 Å². The fourth-order valence-electron chi connectivity index (χ4n) is 2.49. The Balaban J connectivity index is 2.48. The van der Waals surface area contributed by atoms with Crippen molar-refractivity contribution in [1.29, 1.82) is 5.26 Å². The number of halogens is 3. The van der Waals surface area contributed by atoms with Crippen molar-refractivity contribution in [3.8, 4) is 29.5 Å². The van der Waals surface area contributed by atoms with Gasteiger partial charge in [0.25, 0.3) is 5.78 Å². The third-order valence-corrected chi connectivity index (χ3v) is 3.46. The zero-order valence-corrected chi connectivity index (χ0v) is 12.8. The molecule has 0 aliphatic carbocycles. The first kappa shape index (κ1) is 16.3. The molecule has 0 radical (unpaired) electrons. The molecule has 3 rings (SSSR count). The lowest BCUT2D eigenvalue weighted by Gasteiger charge is -2.21. The van der Waals surface area contributed by atoms with E-state index in [1.807, 2.05) is 0 Å². The highest BCUT2D eigenvalue weighted by Crippen LogP contribution is 2.36. The first-order valence-electron chi connectivity index (χ1n) is 6.91. The van der Waals surface area contributed by atoms with Gasteiger partial charge in [-0.25, -0.2) is 13.2 Å². The number of anilines is 1. The number of rotatable bonds is 3. The lowest BCUT2D eigenvalue weighted by molar-refractivity contribution is 0.547. The third-order valence-electron chi connectivity index (χ3n) is 3.46. The maximum absolute atomic E-state index is 14.3. The first-order chi connectivity index (χ1) is 12.0. The van der Waals surface area contributed by atoms with Gasteiger partial charge in [0.05, 0.1) is 17.7 Å². The van der Waals surface area contributed by atoms with E-state index in [4.69, 9.17) is 6.42 Å². The van der Waals surface area contributed by atoms with Crippen LogP contribution in [0.15, 0.2) is 18.5 Å². The van der Waals surface area contributed by atoms with Crippen LogP contribution in [-0.4, -0.2) is 33.2 Å². The van der Waals surface area contributed by atoms with E-state index in [1.165, 1.54) is 15.7 Å². The van der Waals surface area contributed by atoms with Crippen LogP contribution < -0.4 is 4.90 Å². The summed E-state index contributed by atoms with van der Waals surface area (Å²) in [5, 5.41) is 13.4. The van der Waals surface area contributed by atoms with Gasteiger partial charge in [0, 0.05) is 19.2 Å². The molecule has 124 valence electrons. The van der Waals surface area contributed by atoms with Gasteiger partial charge in [0.2, 0.25) is 0 Å². The van der Waals surface area contributed by atoms with Crippen LogP contribution >= 0.6 is 0 Å². The summed E-state index contributed by atoms with van der Waals surface area (Å²) in [6, 6.07) is 2.83. The van der Waals surface area contributed by atoms with Gasteiger partial charge in [0.1, 0.15) is 35.7 Å². The van der Waals surface area contributed by atoms with Gasteiger partial charge in [-0.15, -0.1) is 6.42 Å². The maximum Gasteiger partial charge on any atom is 0.255 e. The zero-order valence-electron chi connectivity index (χ0n) is 12.8. The van der Waals surface area contributed by atoms with Crippen molar-refractivity contribution in [2.75, 3.05) is 18.5 Å². The van der Waals surface area contributed by atoms with E-state index >= 15 is 0 Å². The molecular formula is C16H9F3N6. The Bertz CT molecular complexity index is 1040. The van der Waals surface area contributed by atoms with E-state index < -0.39 is 23.0 Å². The van der Waals surface area contributed by atoms with Crippen molar-refractivity contribution in [3.63, 3.8) is 0 Å². The first-order valence-corrected chi connectivity index (χ1v) is 6.91. The average molecular weight is 342 g/mol. The molecule has 9 heteroatoms. The lowest BCUT2D eigenvalue weighted by Crippen LogP contribution is -2.23. The van der Waals surface area contributed by atoms with E-state index in [9.17, 15) is 18.4 Å². The quantitative estimate of drug-likeness (QED) is 0.682.